The lowest BCUT2D eigenvalue weighted by Crippen LogP contribution is -2.17. The molecule has 0 saturated heterocycles. The van der Waals surface area contributed by atoms with Gasteiger partial charge in [0.05, 0.1) is 6.61 Å². The third-order valence-corrected chi connectivity index (χ3v) is 2.69. The summed E-state index contributed by atoms with van der Waals surface area (Å²) in [6.45, 7) is 3.62. The maximum Gasteiger partial charge on any atom is 0.134 e. The van der Waals surface area contributed by atoms with Gasteiger partial charge in [-0.25, -0.2) is 0 Å². The van der Waals surface area contributed by atoms with Gasteiger partial charge in [0.1, 0.15) is 11.3 Å². The van der Waals surface area contributed by atoms with Crippen LogP contribution in [-0.4, -0.2) is 18.3 Å². The summed E-state index contributed by atoms with van der Waals surface area (Å²) >= 11 is 0. The summed E-state index contributed by atoms with van der Waals surface area (Å²) in [6.07, 6.45) is 0.894. The highest BCUT2D eigenvalue weighted by Crippen LogP contribution is 2.25. The Morgan fingerprint density at radius 3 is 2.88 bits per heavy atom. The molecule has 0 saturated carbocycles. The molecule has 0 spiro atoms. The van der Waals surface area contributed by atoms with E-state index in [0.717, 1.165) is 24.3 Å². The highest BCUT2D eigenvalue weighted by Gasteiger charge is 2.11. The molecule has 0 unspecified atom stereocenters. The van der Waals surface area contributed by atoms with Gasteiger partial charge in [0.25, 0.3) is 0 Å². The molecule has 3 heteroatoms. The van der Waals surface area contributed by atoms with Crippen LogP contribution in [0.25, 0.3) is 11.0 Å². The molecule has 1 aromatic heterocycles. The quantitative estimate of drug-likeness (QED) is 0.757. The van der Waals surface area contributed by atoms with Crippen molar-refractivity contribution < 1.29 is 9.52 Å². The Kier molecular flexibility index (Phi) is 3.59. The van der Waals surface area contributed by atoms with Gasteiger partial charge in [0, 0.05) is 30.5 Å². The van der Waals surface area contributed by atoms with Crippen molar-refractivity contribution in [3.05, 3.63) is 35.6 Å². The van der Waals surface area contributed by atoms with Gasteiger partial charge in [-0.15, -0.1) is 0 Å². The van der Waals surface area contributed by atoms with Crippen LogP contribution in [0.4, 0.5) is 0 Å². The van der Waals surface area contributed by atoms with Gasteiger partial charge < -0.3 is 14.8 Å². The van der Waals surface area contributed by atoms with Crippen LogP contribution in [0.15, 0.2) is 28.7 Å². The number of aliphatic hydroxyl groups excluding tert-OH is 1. The van der Waals surface area contributed by atoms with E-state index >= 15 is 0 Å². The van der Waals surface area contributed by atoms with Crippen LogP contribution in [0.2, 0.25) is 0 Å². The first-order chi connectivity index (χ1) is 7.86. The second-order valence-electron chi connectivity index (χ2n) is 3.75. The zero-order valence-corrected chi connectivity index (χ0v) is 9.49. The smallest absolute Gasteiger partial charge is 0.134 e. The van der Waals surface area contributed by atoms with Crippen molar-refractivity contribution in [2.75, 3.05) is 13.2 Å². The fraction of sp³-hybridized carbons (Fsp3) is 0.385. The number of aryl methyl sites for hydroxylation is 1. The summed E-state index contributed by atoms with van der Waals surface area (Å²) in [5.41, 5.74) is 2.16. The zero-order valence-electron chi connectivity index (χ0n) is 9.49. The molecule has 0 aliphatic carbocycles. The lowest BCUT2D eigenvalue weighted by molar-refractivity contribution is 0.292. The van der Waals surface area contributed by atoms with E-state index in [4.69, 9.17) is 9.52 Å². The monoisotopic (exact) mass is 219 g/mol. The third kappa shape index (κ3) is 2.10. The highest BCUT2D eigenvalue weighted by molar-refractivity contribution is 5.82. The highest BCUT2D eigenvalue weighted by atomic mass is 16.3. The number of para-hydroxylation sites is 1. The normalized spacial score (nSPS) is 11.1. The van der Waals surface area contributed by atoms with E-state index in [0.29, 0.717) is 6.54 Å². The van der Waals surface area contributed by atoms with Gasteiger partial charge in [-0.05, 0) is 6.07 Å². The van der Waals surface area contributed by atoms with Gasteiger partial charge in [-0.3, -0.25) is 0 Å². The van der Waals surface area contributed by atoms with Crippen molar-refractivity contribution in [1.82, 2.24) is 5.32 Å². The minimum atomic E-state index is 0.164. The SMILES string of the molecule is CCc1oc2ccccc2c1CNCCO. The average Bonchev–Trinajstić information content (AvgIpc) is 2.68. The molecule has 2 aromatic rings. The van der Waals surface area contributed by atoms with Crippen molar-refractivity contribution in [3.8, 4) is 0 Å². The predicted molar refractivity (Wildman–Crippen MR) is 64.4 cm³/mol. The van der Waals surface area contributed by atoms with Crippen LogP contribution >= 0.6 is 0 Å². The second-order valence-corrected chi connectivity index (χ2v) is 3.75. The number of nitrogens with one attached hydrogen (secondary N) is 1. The van der Waals surface area contributed by atoms with Crippen LogP contribution in [0.1, 0.15) is 18.2 Å². The predicted octanol–water partition coefficient (Wildman–Crippen LogP) is 2.08. The van der Waals surface area contributed by atoms with Crippen molar-refractivity contribution in [2.24, 2.45) is 0 Å². The minimum absolute atomic E-state index is 0.164. The van der Waals surface area contributed by atoms with E-state index in [1.807, 2.05) is 18.2 Å². The van der Waals surface area contributed by atoms with Crippen LogP contribution in [0.3, 0.4) is 0 Å². The van der Waals surface area contributed by atoms with E-state index in [1.165, 1.54) is 10.9 Å². The maximum atomic E-state index is 8.75. The number of aliphatic hydroxyl groups is 1. The Labute approximate surface area is 95.1 Å². The van der Waals surface area contributed by atoms with Crippen LogP contribution < -0.4 is 5.32 Å². The Bertz CT molecular complexity index is 462. The molecule has 0 aliphatic rings. The van der Waals surface area contributed by atoms with Gasteiger partial charge in [-0.1, -0.05) is 25.1 Å². The molecule has 86 valence electrons. The lowest BCUT2D eigenvalue weighted by Gasteiger charge is -2.02. The molecule has 0 atom stereocenters. The number of hydrogen-bond donors (Lipinski definition) is 2. The number of rotatable bonds is 5. The standard InChI is InChI=1S/C13H17NO2/c1-2-12-11(9-14-7-8-15)10-5-3-4-6-13(10)16-12/h3-6,14-15H,2,7-9H2,1H3. The first kappa shape index (κ1) is 11.2. The van der Waals surface area contributed by atoms with E-state index in [-0.39, 0.29) is 6.61 Å². The molecule has 0 bridgehead atoms. The summed E-state index contributed by atoms with van der Waals surface area (Å²) in [5.74, 6) is 1.03. The van der Waals surface area contributed by atoms with Crippen LogP contribution in [0, 0.1) is 0 Å². The number of hydrogen-bond acceptors (Lipinski definition) is 3. The average molecular weight is 219 g/mol. The van der Waals surface area contributed by atoms with Gasteiger partial charge in [0.2, 0.25) is 0 Å². The summed E-state index contributed by atoms with van der Waals surface area (Å²) in [4.78, 5) is 0. The number of furan rings is 1. The second kappa shape index (κ2) is 5.14. The Balaban J connectivity index is 2.32. The molecular weight excluding hydrogens is 202 g/mol. The molecule has 2 rings (SSSR count). The van der Waals surface area contributed by atoms with Crippen molar-refractivity contribution >= 4 is 11.0 Å². The first-order valence-corrected chi connectivity index (χ1v) is 5.67. The molecule has 0 fully saturated rings. The Morgan fingerprint density at radius 2 is 2.12 bits per heavy atom. The Hall–Kier alpha value is -1.32. The molecule has 1 heterocycles. The van der Waals surface area contributed by atoms with E-state index in [9.17, 15) is 0 Å². The molecule has 0 amide bonds. The Morgan fingerprint density at radius 1 is 1.31 bits per heavy atom. The molecule has 2 N–H and O–H groups in total. The van der Waals surface area contributed by atoms with Crippen molar-refractivity contribution in [3.63, 3.8) is 0 Å². The summed E-state index contributed by atoms with van der Waals surface area (Å²) in [6, 6.07) is 8.07. The van der Waals surface area contributed by atoms with Crippen molar-refractivity contribution in [2.45, 2.75) is 19.9 Å². The molecule has 0 aliphatic heterocycles. The number of fused-ring (bicyclic) bond motifs is 1. The molecule has 16 heavy (non-hydrogen) atoms. The largest absolute Gasteiger partial charge is 0.461 e. The topological polar surface area (TPSA) is 45.4 Å². The fourth-order valence-electron chi connectivity index (χ4n) is 1.92. The van der Waals surface area contributed by atoms with Crippen LogP contribution in [0.5, 0.6) is 0 Å². The van der Waals surface area contributed by atoms with E-state index in [1.54, 1.807) is 0 Å². The van der Waals surface area contributed by atoms with Crippen LogP contribution in [-0.2, 0) is 13.0 Å². The summed E-state index contributed by atoms with van der Waals surface area (Å²) in [5, 5.41) is 13.1. The minimum Gasteiger partial charge on any atom is -0.461 e. The van der Waals surface area contributed by atoms with Gasteiger partial charge in [-0.2, -0.15) is 0 Å². The fourth-order valence-corrected chi connectivity index (χ4v) is 1.92. The van der Waals surface area contributed by atoms with Gasteiger partial charge >= 0.3 is 0 Å². The molecule has 1 aromatic carbocycles. The van der Waals surface area contributed by atoms with E-state index < -0.39 is 0 Å². The summed E-state index contributed by atoms with van der Waals surface area (Å²) in [7, 11) is 0. The maximum absolute atomic E-state index is 8.75. The first-order valence-electron chi connectivity index (χ1n) is 5.67. The lowest BCUT2D eigenvalue weighted by atomic mass is 10.1. The van der Waals surface area contributed by atoms with Gasteiger partial charge in [0.15, 0.2) is 0 Å². The summed E-state index contributed by atoms with van der Waals surface area (Å²) < 4.78 is 5.78. The third-order valence-electron chi connectivity index (χ3n) is 2.69. The molecule has 3 nitrogen and oxygen atoms in total. The number of benzene rings is 1. The molecular formula is C13H17NO2. The van der Waals surface area contributed by atoms with E-state index in [2.05, 4.69) is 18.3 Å². The zero-order chi connectivity index (χ0) is 11.4. The van der Waals surface area contributed by atoms with Crippen molar-refractivity contribution in [1.29, 1.82) is 0 Å². The molecule has 0 radical (unpaired) electrons.